The zero-order chi connectivity index (χ0) is 17.3. The predicted octanol–water partition coefficient (Wildman–Crippen LogP) is 4.15. The van der Waals surface area contributed by atoms with Crippen molar-refractivity contribution >= 4 is 22.4 Å². The minimum atomic E-state index is -0.144. The average molecular weight is 347 g/mol. The number of nitrogens with one attached hydrogen (secondary N) is 1. The first-order valence-corrected chi connectivity index (χ1v) is 9.36. The van der Waals surface area contributed by atoms with Gasteiger partial charge in [-0.3, -0.25) is 15.0 Å². The highest BCUT2D eigenvalue weighted by molar-refractivity contribution is 7.14. The Balaban J connectivity index is 1.64. The van der Waals surface area contributed by atoms with Crippen molar-refractivity contribution in [3.8, 4) is 0 Å². The van der Waals surface area contributed by atoms with Crippen molar-refractivity contribution in [1.29, 1.82) is 0 Å². The van der Waals surface area contributed by atoms with Gasteiger partial charge in [0.25, 0.3) is 5.91 Å². The lowest BCUT2D eigenvalue weighted by Gasteiger charge is -2.30. The number of hydrogen-bond donors (Lipinski definition) is 1. The zero-order valence-electron chi connectivity index (χ0n) is 14.8. The second-order valence-corrected chi connectivity index (χ2v) is 7.65. The highest BCUT2D eigenvalue weighted by Gasteiger charge is 2.20. The first-order chi connectivity index (χ1) is 11.4. The smallest absolute Gasteiger partial charge is 0.261 e. The molecule has 0 aromatic carbocycles. The number of anilines is 1. The summed E-state index contributed by atoms with van der Waals surface area (Å²) in [5.74, 6) is 2.06. The number of aryl methyl sites for hydroxylation is 2. The van der Waals surface area contributed by atoms with E-state index in [0.29, 0.717) is 16.5 Å². The number of carbonyl (C=O) groups is 1. The van der Waals surface area contributed by atoms with E-state index < -0.39 is 0 Å². The third kappa shape index (κ3) is 3.70. The van der Waals surface area contributed by atoms with Crippen LogP contribution in [0.2, 0.25) is 0 Å². The van der Waals surface area contributed by atoms with Crippen LogP contribution >= 0.6 is 11.3 Å². The first kappa shape index (κ1) is 17.2. The third-order valence-electron chi connectivity index (χ3n) is 4.69. The molecular formula is C18H25N3O2S. The number of amides is 1. The summed E-state index contributed by atoms with van der Waals surface area (Å²) in [4.78, 5) is 19.5. The number of hydrogen-bond acceptors (Lipinski definition) is 5. The Morgan fingerprint density at radius 3 is 2.88 bits per heavy atom. The van der Waals surface area contributed by atoms with Crippen LogP contribution in [0, 0.1) is 26.7 Å². The lowest BCUT2D eigenvalue weighted by atomic mass is 10.0. The van der Waals surface area contributed by atoms with E-state index in [4.69, 9.17) is 4.42 Å². The fraction of sp³-hybridized carbons (Fsp3) is 0.556. The van der Waals surface area contributed by atoms with Gasteiger partial charge in [0.1, 0.15) is 11.5 Å². The van der Waals surface area contributed by atoms with Gasteiger partial charge >= 0.3 is 0 Å². The van der Waals surface area contributed by atoms with Gasteiger partial charge in [-0.2, -0.15) is 0 Å². The molecule has 0 spiro atoms. The van der Waals surface area contributed by atoms with Crippen LogP contribution in [-0.4, -0.2) is 28.9 Å². The minimum Gasteiger partial charge on any atom is -0.466 e. The number of rotatable bonds is 4. The van der Waals surface area contributed by atoms with Crippen LogP contribution < -0.4 is 5.32 Å². The summed E-state index contributed by atoms with van der Waals surface area (Å²) < 4.78 is 5.54. The Morgan fingerprint density at radius 2 is 2.21 bits per heavy atom. The molecule has 2 aromatic rings. The standard InChI is InChI=1S/C18H25N3O2S/c1-11-6-5-7-21(8-11)9-15-10-24-18(19-15)20-17(22)16-12(2)13(3)23-14(16)4/h10-11H,5-9H2,1-4H3,(H,19,20,22). The summed E-state index contributed by atoms with van der Waals surface area (Å²) >= 11 is 1.48. The molecule has 24 heavy (non-hydrogen) atoms. The molecule has 1 atom stereocenters. The Labute approximate surface area is 147 Å². The SMILES string of the molecule is Cc1oc(C)c(C(=O)Nc2nc(CN3CCCC(C)C3)cs2)c1C. The van der Waals surface area contributed by atoms with E-state index in [2.05, 4.69) is 22.1 Å². The molecule has 1 N–H and O–H groups in total. The lowest BCUT2D eigenvalue weighted by Crippen LogP contribution is -2.33. The molecule has 1 fully saturated rings. The molecule has 3 heterocycles. The van der Waals surface area contributed by atoms with Gasteiger partial charge in [0, 0.05) is 24.0 Å². The molecule has 130 valence electrons. The molecule has 6 heteroatoms. The second-order valence-electron chi connectivity index (χ2n) is 6.80. The topological polar surface area (TPSA) is 58.4 Å². The molecule has 3 rings (SSSR count). The quantitative estimate of drug-likeness (QED) is 0.903. The van der Waals surface area contributed by atoms with Crippen molar-refractivity contribution < 1.29 is 9.21 Å². The summed E-state index contributed by atoms with van der Waals surface area (Å²) in [6.45, 7) is 11.0. The van der Waals surface area contributed by atoms with Crippen LogP contribution in [-0.2, 0) is 6.54 Å². The fourth-order valence-electron chi connectivity index (χ4n) is 3.38. The van der Waals surface area contributed by atoms with Gasteiger partial charge in [0.2, 0.25) is 0 Å². The summed E-state index contributed by atoms with van der Waals surface area (Å²) in [5.41, 5.74) is 2.54. The van der Waals surface area contributed by atoms with Gasteiger partial charge in [-0.05, 0) is 46.1 Å². The van der Waals surface area contributed by atoms with Gasteiger partial charge in [0.05, 0.1) is 11.3 Å². The fourth-order valence-corrected chi connectivity index (χ4v) is 4.08. The molecule has 0 bridgehead atoms. The molecule has 1 saturated heterocycles. The summed E-state index contributed by atoms with van der Waals surface area (Å²) in [6.07, 6.45) is 2.57. The summed E-state index contributed by atoms with van der Waals surface area (Å²) in [7, 11) is 0. The summed E-state index contributed by atoms with van der Waals surface area (Å²) in [6, 6.07) is 0. The number of carbonyl (C=O) groups excluding carboxylic acids is 1. The number of nitrogens with zero attached hydrogens (tertiary/aromatic N) is 2. The molecule has 1 aliphatic rings. The minimum absolute atomic E-state index is 0.144. The van der Waals surface area contributed by atoms with E-state index in [1.165, 1.54) is 24.2 Å². The van der Waals surface area contributed by atoms with Crippen molar-refractivity contribution in [2.24, 2.45) is 5.92 Å². The van der Waals surface area contributed by atoms with Crippen LogP contribution in [0.5, 0.6) is 0 Å². The van der Waals surface area contributed by atoms with Gasteiger partial charge in [0.15, 0.2) is 5.13 Å². The molecule has 2 aromatic heterocycles. The molecule has 0 saturated carbocycles. The Hall–Kier alpha value is -1.66. The molecule has 1 unspecified atom stereocenters. The summed E-state index contributed by atoms with van der Waals surface area (Å²) in [5, 5.41) is 5.60. The third-order valence-corrected chi connectivity index (χ3v) is 5.49. The van der Waals surface area contributed by atoms with Crippen molar-refractivity contribution in [2.75, 3.05) is 18.4 Å². The number of piperidine rings is 1. The van der Waals surface area contributed by atoms with Gasteiger partial charge in [-0.15, -0.1) is 11.3 Å². The lowest BCUT2D eigenvalue weighted by molar-refractivity contribution is 0.102. The van der Waals surface area contributed by atoms with Crippen LogP contribution in [0.15, 0.2) is 9.80 Å². The van der Waals surface area contributed by atoms with E-state index in [0.717, 1.165) is 42.6 Å². The van der Waals surface area contributed by atoms with Crippen LogP contribution in [0.3, 0.4) is 0 Å². The highest BCUT2D eigenvalue weighted by atomic mass is 32.1. The molecule has 1 amide bonds. The largest absolute Gasteiger partial charge is 0.466 e. The number of furan rings is 1. The molecule has 1 aliphatic heterocycles. The maximum absolute atomic E-state index is 12.5. The van der Waals surface area contributed by atoms with Gasteiger partial charge in [-0.1, -0.05) is 6.92 Å². The Kier molecular flexibility index (Phi) is 5.06. The maximum Gasteiger partial charge on any atom is 0.261 e. The van der Waals surface area contributed by atoms with E-state index in [1.807, 2.05) is 26.2 Å². The first-order valence-electron chi connectivity index (χ1n) is 8.48. The molecule has 0 radical (unpaired) electrons. The van der Waals surface area contributed by atoms with Crippen LogP contribution in [0.25, 0.3) is 0 Å². The van der Waals surface area contributed by atoms with Gasteiger partial charge in [-0.25, -0.2) is 4.98 Å². The average Bonchev–Trinajstić information content (AvgIpc) is 3.04. The number of aromatic nitrogens is 1. The normalized spacial score (nSPS) is 18.8. The Bertz CT molecular complexity index is 735. The highest BCUT2D eigenvalue weighted by Crippen LogP contribution is 2.24. The van der Waals surface area contributed by atoms with Crippen molar-refractivity contribution in [3.63, 3.8) is 0 Å². The van der Waals surface area contributed by atoms with E-state index >= 15 is 0 Å². The van der Waals surface area contributed by atoms with Crippen LogP contribution in [0.1, 0.15) is 52.9 Å². The monoisotopic (exact) mass is 347 g/mol. The molecular weight excluding hydrogens is 322 g/mol. The van der Waals surface area contributed by atoms with Crippen LogP contribution in [0.4, 0.5) is 5.13 Å². The second kappa shape index (κ2) is 7.07. The van der Waals surface area contributed by atoms with Crippen molar-refractivity contribution in [2.45, 2.75) is 47.1 Å². The number of likely N-dealkylation sites (tertiary alicyclic amines) is 1. The van der Waals surface area contributed by atoms with Crippen molar-refractivity contribution in [1.82, 2.24) is 9.88 Å². The molecule has 0 aliphatic carbocycles. The number of thiazole rings is 1. The zero-order valence-corrected chi connectivity index (χ0v) is 15.6. The van der Waals surface area contributed by atoms with E-state index in [9.17, 15) is 4.79 Å². The van der Waals surface area contributed by atoms with E-state index in [1.54, 1.807) is 0 Å². The maximum atomic E-state index is 12.5. The van der Waals surface area contributed by atoms with E-state index in [-0.39, 0.29) is 5.91 Å². The predicted molar refractivity (Wildman–Crippen MR) is 96.7 cm³/mol. The van der Waals surface area contributed by atoms with Crippen molar-refractivity contribution in [3.05, 3.63) is 33.7 Å². The molecule has 5 nitrogen and oxygen atoms in total. The van der Waals surface area contributed by atoms with Gasteiger partial charge < -0.3 is 4.42 Å². The Morgan fingerprint density at radius 1 is 1.42 bits per heavy atom.